The van der Waals surface area contributed by atoms with Gasteiger partial charge in [0.2, 0.25) is 0 Å². The molecule has 1 amide bonds. The van der Waals surface area contributed by atoms with Gasteiger partial charge >= 0.3 is 5.97 Å². The summed E-state index contributed by atoms with van der Waals surface area (Å²) in [6.07, 6.45) is 1.36. The van der Waals surface area contributed by atoms with Gasteiger partial charge in [0.05, 0.1) is 5.92 Å². The van der Waals surface area contributed by atoms with Crippen molar-refractivity contribution in [1.82, 2.24) is 4.90 Å². The quantitative estimate of drug-likeness (QED) is 0.921. The van der Waals surface area contributed by atoms with Crippen LogP contribution in [0.4, 0.5) is 0 Å². The molecule has 1 atom stereocenters. The second-order valence-corrected chi connectivity index (χ2v) is 5.57. The molecule has 5 nitrogen and oxygen atoms in total. The molecule has 114 valence electrons. The predicted octanol–water partition coefficient (Wildman–Crippen LogP) is 2.01. The van der Waals surface area contributed by atoms with E-state index in [9.17, 15) is 9.59 Å². The molecule has 1 unspecified atom stereocenters. The number of carboxylic acids is 1. The maximum absolute atomic E-state index is 12.1. The molecular weight excluding hydrogens is 270 g/mol. The Morgan fingerprint density at radius 3 is 2.81 bits per heavy atom. The second-order valence-electron chi connectivity index (χ2n) is 5.57. The minimum atomic E-state index is -0.831. The van der Waals surface area contributed by atoms with Crippen molar-refractivity contribution in [2.24, 2.45) is 5.92 Å². The van der Waals surface area contributed by atoms with Crippen LogP contribution in [0.15, 0.2) is 18.2 Å². The summed E-state index contributed by atoms with van der Waals surface area (Å²) < 4.78 is 5.56. The molecule has 1 aromatic carbocycles. The Labute approximate surface area is 124 Å². The van der Waals surface area contributed by atoms with Crippen molar-refractivity contribution in [3.63, 3.8) is 0 Å². The molecule has 1 heterocycles. The van der Waals surface area contributed by atoms with Gasteiger partial charge in [0.15, 0.2) is 6.61 Å². The number of ether oxygens (including phenoxy) is 1. The molecule has 0 saturated carbocycles. The number of likely N-dealkylation sites (tertiary alicyclic amines) is 1. The molecule has 1 saturated heterocycles. The molecule has 0 radical (unpaired) electrons. The van der Waals surface area contributed by atoms with Gasteiger partial charge in [0.25, 0.3) is 5.91 Å². The number of hydrogen-bond acceptors (Lipinski definition) is 3. The van der Waals surface area contributed by atoms with Crippen LogP contribution in [-0.4, -0.2) is 41.6 Å². The highest BCUT2D eigenvalue weighted by atomic mass is 16.5. The number of carbonyl (C=O) groups is 2. The normalized spacial score (nSPS) is 18.4. The molecule has 1 aliphatic heterocycles. The van der Waals surface area contributed by atoms with E-state index in [1.807, 2.05) is 32.0 Å². The highest BCUT2D eigenvalue weighted by molar-refractivity contribution is 5.79. The SMILES string of the molecule is Cc1ccc(OCC(=O)N2CCCC(C(=O)O)C2)c(C)c1. The summed E-state index contributed by atoms with van der Waals surface area (Å²) in [7, 11) is 0. The van der Waals surface area contributed by atoms with Crippen molar-refractivity contribution in [3.8, 4) is 5.75 Å². The van der Waals surface area contributed by atoms with Crippen LogP contribution in [0.1, 0.15) is 24.0 Å². The zero-order valence-electron chi connectivity index (χ0n) is 12.5. The van der Waals surface area contributed by atoms with E-state index in [0.717, 1.165) is 17.5 Å². The fourth-order valence-corrected chi connectivity index (χ4v) is 2.60. The number of benzene rings is 1. The lowest BCUT2D eigenvalue weighted by atomic mass is 9.98. The summed E-state index contributed by atoms with van der Waals surface area (Å²) in [5.41, 5.74) is 2.14. The van der Waals surface area contributed by atoms with Gasteiger partial charge in [0, 0.05) is 13.1 Å². The van der Waals surface area contributed by atoms with Gasteiger partial charge in [-0.15, -0.1) is 0 Å². The number of piperidine rings is 1. The number of nitrogens with zero attached hydrogens (tertiary/aromatic N) is 1. The van der Waals surface area contributed by atoms with E-state index in [2.05, 4.69) is 0 Å². The van der Waals surface area contributed by atoms with Crippen LogP contribution in [0.3, 0.4) is 0 Å². The molecule has 21 heavy (non-hydrogen) atoms. The lowest BCUT2D eigenvalue weighted by molar-refractivity contribution is -0.146. The van der Waals surface area contributed by atoms with Gasteiger partial charge < -0.3 is 14.7 Å². The average molecular weight is 291 g/mol. The molecule has 2 rings (SSSR count). The van der Waals surface area contributed by atoms with Crippen LogP contribution >= 0.6 is 0 Å². The maximum atomic E-state index is 12.1. The number of aryl methyl sites for hydroxylation is 2. The summed E-state index contributed by atoms with van der Waals surface area (Å²) in [6.45, 7) is 4.79. The van der Waals surface area contributed by atoms with E-state index in [0.29, 0.717) is 18.7 Å². The third-order valence-electron chi connectivity index (χ3n) is 3.80. The Bertz CT molecular complexity index is 541. The topological polar surface area (TPSA) is 66.8 Å². The van der Waals surface area contributed by atoms with Crippen molar-refractivity contribution in [2.45, 2.75) is 26.7 Å². The molecule has 0 aromatic heterocycles. The number of carbonyl (C=O) groups excluding carboxylic acids is 1. The van der Waals surface area contributed by atoms with Gasteiger partial charge in [-0.1, -0.05) is 17.7 Å². The van der Waals surface area contributed by atoms with Gasteiger partial charge in [-0.25, -0.2) is 0 Å². The van der Waals surface area contributed by atoms with Gasteiger partial charge in [-0.2, -0.15) is 0 Å². The highest BCUT2D eigenvalue weighted by Crippen LogP contribution is 2.20. The molecule has 1 aliphatic rings. The van der Waals surface area contributed by atoms with Crippen molar-refractivity contribution in [3.05, 3.63) is 29.3 Å². The van der Waals surface area contributed by atoms with E-state index >= 15 is 0 Å². The van der Waals surface area contributed by atoms with Crippen LogP contribution in [0, 0.1) is 19.8 Å². The molecular formula is C16H21NO4. The van der Waals surface area contributed by atoms with E-state index in [1.54, 1.807) is 4.90 Å². The van der Waals surface area contributed by atoms with Crippen LogP contribution in [-0.2, 0) is 9.59 Å². The van der Waals surface area contributed by atoms with Crippen molar-refractivity contribution >= 4 is 11.9 Å². The summed E-state index contributed by atoms with van der Waals surface area (Å²) in [5.74, 6) is -0.742. The molecule has 5 heteroatoms. The van der Waals surface area contributed by atoms with Crippen LogP contribution in [0.5, 0.6) is 5.75 Å². The zero-order valence-corrected chi connectivity index (χ0v) is 12.5. The monoisotopic (exact) mass is 291 g/mol. The predicted molar refractivity (Wildman–Crippen MR) is 78.4 cm³/mol. The fourth-order valence-electron chi connectivity index (χ4n) is 2.60. The lowest BCUT2D eigenvalue weighted by Gasteiger charge is -2.30. The average Bonchev–Trinajstić information content (AvgIpc) is 2.46. The third-order valence-corrected chi connectivity index (χ3v) is 3.80. The summed E-state index contributed by atoms with van der Waals surface area (Å²) in [4.78, 5) is 24.7. The standard InChI is InChI=1S/C16H21NO4/c1-11-5-6-14(12(2)8-11)21-10-15(18)17-7-3-4-13(9-17)16(19)20/h5-6,8,13H,3-4,7,9-10H2,1-2H3,(H,19,20). The Morgan fingerprint density at radius 2 is 2.14 bits per heavy atom. The largest absolute Gasteiger partial charge is 0.484 e. The number of rotatable bonds is 4. The minimum absolute atomic E-state index is 0.0454. The summed E-state index contributed by atoms with van der Waals surface area (Å²) in [6, 6.07) is 5.80. The first kappa shape index (κ1) is 15.4. The number of carboxylic acid groups (broad SMARTS) is 1. The van der Waals surface area contributed by atoms with Crippen LogP contribution in [0.25, 0.3) is 0 Å². The molecule has 1 fully saturated rings. The van der Waals surface area contributed by atoms with Crippen molar-refractivity contribution < 1.29 is 19.4 Å². The van der Waals surface area contributed by atoms with E-state index in [1.165, 1.54) is 0 Å². The van der Waals surface area contributed by atoms with E-state index in [-0.39, 0.29) is 19.1 Å². The number of aliphatic carboxylic acids is 1. The third kappa shape index (κ3) is 3.97. The maximum Gasteiger partial charge on any atom is 0.308 e. The smallest absolute Gasteiger partial charge is 0.308 e. The first-order valence-electron chi connectivity index (χ1n) is 7.18. The number of amides is 1. The fraction of sp³-hybridized carbons (Fsp3) is 0.500. The van der Waals surface area contributed by atoms with Crippen molar-refractivity contribution in [1.29, 1.82) is 0 Å². The van der Waals surface area contributed by atoms with Crippen LogP contribution in [0.2, 0.25) is 0 Å². The number of hydrogen-bond donors (Lipinski definition) is 1. The van der Waals surface area contributed by atoms with Gasteiger partial charge in [0.1, 0.15) is 5.75 Å². The zero-order chi connectivity index (χ0) is 15.4. The highest BCUT2D eigenvalue weighted by Gasteiger charge is 2.28. The Hall–Kier alpha value is -2.04. The summed E-state index contributed by atoms with van der Waals surface area (Å²) in [5, 5.41) is 9.04. The Kier molecular flexibility index (Phi) is 4.83. The van der Waals surface area contributed by atoms with Crippen LogP contribution < -0.4 is 4.74 Å². The molecule has 0 bridgehead atoms. The second kappa shape index (κ2) is 6.61. The Balaban J connectivity index is 1.90. The van der Waals surface area contributed by atoms with E-state index < -0.39 is 11.9 Å². The van der Waals surface area contributed by atoms with Gasteiger partial charge in [-0.3, -0.25) is 9.59 Å². The van der Waals surface area contributed by atoms with E-state index in [4.69, 9.17) is 9.84 Å². The summed E-state index contributed by atoms with van der Waals surface area (Å²) >= 11 is 0. The Morgan fingerprint density at radius 1 is 1.38 bits per heavy atom. The first-order chi connectivity index (χ1) is 9.97. The first-order valence-corrected chi connectivity index (χ1v) is 7.18. The molecule has 0 spiro atoms. The lowest BCUT2D eigenvalue weighted by Crippen LogP contribution is -2.44. The van der Waals surface area contributed by atoms with Gasteiger partial charge in [-0.05, 0) is 38.3 Å². The molecule has 1 N–H and O–H groups in total. The van der Waals surface area contributed by atoms with Crippen molar-refractivity contribution in [2.75, 3.05) is 19.7 Å². The minimum Gasteiger partial charge on any atom is -0.484 e. The molecule has 0 aliphatic carbocycles. The molecule has 1 aromatic rings.